The Bertz CT molecular complexity index is 810. The highest BCUT2D eigenvalue weighted by molar-refractivity contribution is 5.85. The quantitative estimate of drug-likeness (QED) is 0.665. The Kier molecular flexibility index (Phi) is 6.71. The summed E-state index contributed by atoms with van der Waals surface area (Å²) in [5, 5.41) is 1.28. The van der Waals surface area contributed by atoms with E-state index < -0.39 is 0 Å². The number of anilines is 1. The molecule has 2 aromatic heterocycles. The maximum atomic E-state index is 5.87. The number of nitrogens with one attached hydrogen (secondary N) is 1. The van der Waals surface area contributed by atoms with Crippen LogP contribution in [0.25, 0.3) is 11.0 Å². The fraction of sp³-hybridized carbons (Fsp3) is 0.316. The maximum absolute atomic E-state index is 5.87. The van der Waals surface area contributed by atoms with Crippen LogP contribution in [-0.4, -0.2) is 28.0 Å². The standard InChI is InChI=1S/C19H22N4.2ClH/c20-16-4-1-3-14(11-16)13-23-9-6-15(7-10-23)18-12-22-19-17(18)5-2-8-21-19;;/h1-5,8,11-12,15H,6-7,9-10,13,20H2,(H,21,22);2*1H. The van der Waals surface area contributed by atoms with Gasteiger partial charge in [-0.2, -0.15) is 0 Å². The molecule has 3 heterocycles. The Balaban J connectivity index is 0.00000113. The molecule has 25 heavy (non-hydrogen) atoms. The van der Waals surface area contributed by atoms with Gasteiger partial charge in [0.05, 0.1) is 0 Å². The van der Waals surface area contributed by atoms with Crippen molar-refractivity contribution >= 4 is 41.5 Å². The molecule has 4 rings (SSSR count). The Morgan fingerprint density at radius 1 is 1.12 bits per heavy atom. The summed E-state index contributed by atoms with van der Waals surface area (Å²) in [6, 6.07) is 12.4. The minimum atomic E-state index is 0. The predicted octanol–water partition coefficient (Wildman–Crippen LogP) is 4.37. The molecule has 3 aromatic rings. The first-order valence-corrected chi connectivity index (χ1v) is 8.28. The van der Waals surface area contributed by atoms with Gasteiger partial charge in [0.15, 0.2) is 0 Å². The van der Waals surface area contributed by atoms with E-state index >= 15 is 0 Å². The van der Waals surface area contributed by atoms with E-state index in [1.54, 1.807) is 0 Å². The van der Waals surface area contributed by atoms with Gasteiger partial charge in [-0.3, -0.25) is 4.90 Å². The topological polar surface area (TPSA) is 57.9 Å². The number of pyridine rings is 1. The van der Waals surface area contributed by atoms with Gasteiger partial charge in [-0.25, -0.2) is 4.98 Å². The third-order valence-corrected chi connectivity index (χ3v) is 4.87. The molecule has 0 radical (unpaired) electrons. The Hall–Kier alpha value is -1.75. The molecule has 134 valence electrons. The van der Waals surface area contributed by atoms with Crippen LogP contribution in [0.4, 0.5) is 5.69 Å². The van der Waals surface area contributed by atoms with Crippen LogP contribution in [-0.2, 0) is 6.54 Å². The van der Waals surface area contributed by atoms with Crippen molar-refractivity contribution in [3.8, 4) is 0 Å². The van der Waals surface area contributed by atoms with E-state index in [-0.39, 0.29) is 24.8 Å². The van der Waals surface area contributed by atoms with Crippen LogP contribution in [0.1, 0.15) is 29.9 Å². The van der Waals surface area contributed by atoms with E-state index in [9.17, 15) is 0 Å². The predicted molar refractivity (Wildman–Crippen MR) is 109 cm³/mol. The minimum absolute atomic E-state index is 0. The number of hydrogen-bond donors (Lipinski definition) is 2. The number of benzene rings is 1. The molecule has 3 N–H and O–H groups in total. The Morgan fingerprint density at radius 3 is 2.68 bits per heavy atom. The second kappa shape index (κ2) is 8.56. The fourth-order valence-corrected chi connectivity index (χ4v) is 3.67. The molecule has 0 spiro atoms. The van der Waals surface area contributed by atoms with Crippen molar-refractivity contribution in [1.29, 1.82) is 0 Å². The lowest BCUT2D eigenvalue weighted by Gasteiger charge is -2.32. The third kappa shape index (κ3) is 4.27. The molecule has 4 nitrogen and oxygen atoms in total. The van der Waals surface area contributed by atoms with Crippen LogP contribution in [0.3, 0.4) is 0 Å². The molecular formula is C19H24Cl2N4. The largest absolute Gasteiger partial charge is 0.399 e. The first-order valence-electron chi connectivity index (χ1n) is 8.28. The molecule has 0 bridgehead atoms. The van der Waals surface area contributed by atoms with Crippen molar-refractivity contribution in [1.82, 2.24) is 14.9 Å². The molecule has 0 amide bonds. The molecule has 1 aliphatic rings. The highest BCUT2D eigenvalue weighted by atomic mass is 35.5. The van der Waals surface area contributed by atoms with Crippen molar-refractivity contribution in [2.24, 2.45) is 0 Å². The molecule has 1 aromatic carbocycles. The second-order valence-corrected chi connectivity index (χ2v) is 6.44. The van der Waals surface area contributed by atoms with Gasteiger partial charge in [0.25, 0.3) is 0 Å². The highest BCUT2D eigenvalue weighted by Gasteiger charge is 2.22. The van der Waals surface area contributed by atoms with Crippen LogP contribution < -0.4 is 5.73 Å². The summed E-state index contributed by atoms with van der Waals surface area (Å²) < 4.78 is 0. The smallest absolute Gasteiger partial charge is 0.137 e. The van der Waals surface area contributed by atoms with Crippen LogP contribution >= 0.6 is 24.8 Å². The van der Waals surface area contributed by atoms with Gasteiger partial charge in [0.2, 0.25) is 0 Å². The Labute approximate surface area is 160 Å². The summed E-state index contributed by atoms with van der Waals surface area (Å²) in [6.07, 6.45) is 6.39. The second-order valence-electron chi connectivity index (χ2n) is 6.44. The number of nitrogen functional groups attached to an aromatic ring is 1. The minimum Gasteiger partial charge on any atom is -0.399 e. The van der Waals surface area contributed by atoms with E-state index in [0.717, 1.165) is 31.0 Å². The zero-order valence-corrected chi connectivity index (χ0v) is 15.7. The fourth-order valence-electron chi connectivity index (χ4n) is 3.67. The lowest BCUT2D eigenvalue weighted by Crippen LogP contribution is -2.32. The third-order valence-electron chi connectivity index (χ3n) is 4.87. The molecular weight excluding hydrogens is 355 g/mol. The molecule has 0 saturated carbocycles. The average Bonchev–Trinajstić information content (AvgIpc) is 3.00. The van der Waals surface area contributed by atoms with Gasteiger partial charge < -0.3 is 10.7 Å². The molecule has 1 aliphatic heterocycles. The molecule has 1 fully saturated rings. The van der Waals surface area contributed by atoms with Crippen LogP contribution in [0.15, 0.2) is 48.8 Å². The van der Waals surface area contributed by atoms with E-state index in [2.05, 4.69) is 39.3 Å². The summed E-state index contributed by atoms with van der Waals surface area (Å²) in [5.74, 6) is 0.630. The van der Waals surface area contributed by atoms with Crippen molar-refractivity contribution in [2.75, 3.05) is 18.8 Å². The number of aromatic nitrogens is 2. The number of H-pyrrole nitrogens is 1. The van der Waals surface area contributed by atoms with Crippen molar-refractivity contribution < 1.29 is 0 Å². The summed E-state index contributed by atoms with van der Waals surface area (Å²) in [5.41, 5.74) is 10.5. The first kappa shape index (κ1) is 19.6. The maximum Gasteiger partial charge on any atom is 0.137 e. The van der Waals surface area contributed by atoms with E-state index in [4.69, 9.17) is 5.73 Å². The molecule has 0 aliphatic carbocycles. The monoisotopic (exact) mass is 378 g/mol. The average molecular weight is 379 g/mol. The summed E-state index contributed by atoms with van der Waals surface area (Å²) in [7, 11) is 0. The Morgan fingerprint density at radius 2 is 1.92 bits per heavy atom. The van der Waals surface area contributed by atoms with E-state index in [1.165, 1.54) is 29.4 Å². The molecule has 1 saturated heterocycles. The number of piperidine rings is 1. The summed E-state index contributed by atoms with van der Waals surface area (Å²) in [6.45, 7) is 3.26. The van der Waals surface area contributed by atoms with Gasteiger partial charge in [0, 0.05) is 30.0 Å². The van der Waals surface area contributed by atoms with Gasteiger partial charge in [-0.05, 0) is 67.2 Å². The lowest BCUT2D eigenvalue weighted by atomic mass is 9.89. The number of halogens is 2. The highest BCUT2D eigenvalue weighted by Crippen LogP contribution is 2.32. The number of nitrogens with two attached hydrogens (primary N) is 1. The number of fused-ring (bicyclic) bond motifs is 1. The number of aromatic amines is 1. The van der Waals surface area contributed by atoms with Crippen LogP contribution in [0.2, 0.25) is 0 Å². The van der Waals surface area contributed by atoms with Gasteiger partial charge in [-0.15, -0.1) is 24.8 Å². The summed E-state index contributed by atoms with van der Waals surface area (Å²) in [4.78, 5) is 10.2. The van der Waals surface area contributed by atoms with Gasteiger partial charge in [-0.1, -0.05) is 12.1 Å². The van der Waals surface area contributed by atoms with E-state index in [1.807, 2.05) is 24.4 Å². The van der Waals surface area contributed by atoms with Crippen LogP contribution in [0, 0.1) is 0 Å². The number of hydrogen-bond acceptors (Lipinski definition) is 3. The molecule has 6 heteroatoms. The number of rotatable bonds is 3. The van der Waals surface area contributed by atoms with Crippen LogP contribution in [0.5, 0.6) is 0 Å². The van der Waals surface area contributed by atoms with Gasteiger partial charge >= 0.3 is 0 Å². The SMILES string of the molecule is Cl.Cl.Nc1cccc(CN2CCC(c3c[nH]c4ncccc34)CC2)c1. The van der Waals surface area contributed by atoms with Crippen molar-refractivity contribution in [3.05, 3.63) is 59.9 Å². The van der Waals surface area contributed by atoms with Gasteiger partial charge in [0.1, 0.15) is 5.65 Å². The van der Waals surface area contributed by atoms with Crippen molar-refractivity contribution in [3.63, 3.8) is 0 Å². The normalized spacial score (nSPS) is 15.5. The lowest BCUT2D eigenvalue weighted by molar-refractivity contribution is 0.205. The number of likely N-dealkylation sites (tertiary alicyclic amines) is 1. The number of nitrogens with zero attached hydrogens (tertiary/aromatic N) is 2. The first-order chi connectivity index (χ1) is 11.3. The summed E-state index contributed by atoms with van der Waals surface area (Å²) >= 11 is 0. The zero-order chi connectivity index (χ0) is 15.6. The zero-order valence-electron chi connectivity index (χ0n) is 14.0. The van der Waals surface area contributed by atoms with E-state index in [0.29, 0.717) is 5.92 Å². The molecule has 0 atom stereocenters. The molecule has 0 unspecified atom stereocenters. The van der Waals surface area contributed by atoms with Crippen molar-refractivity contribution in [2.45, 2.75) is 25.3 Å².